The van der Waals surface area contributed by atoms with Crippen LogP contribution in [0.25, 0.3) is 0 Å². The molecule has 0 saturated carbocycles. The van der Waals surface area contributed by atoms with E-state index in [0.29, 0.717) is 35.1 Å². The first-order valence-electron chi connectivity index (χ1n) is 26.4. The summed E-state index contributed by atoms with van der Waals surface area (Å²) in [4.78, 5) is 139. The lowest BCUT2D eigenvalue weighted by Gasteiger charge is -2.36. The molecule has 1 fully saturated rings. The zero-order valence-electron chi connectivity index (χ0n) is 45.0. The summed E-state index contributed by atoms with van der Waals surface area (Å²) in [5.74, 6) is -10.8. The van der Waals surface area contributed by atoms with Crippen molar-refractivity contribution in [1.29, 1.82) is 0 Å². The van der Waals surface area contributed by atoms with Gasteiger partial charge in [0, 0.05) is 38.1 Å². The van der Waals surface area contributed by atoms with Gasteiger partial charge >= 0.3 is 11.9 Å². The summed E-state index contributed by atoms with van der Waals surface area (Å²) in [5, 5.41) is 66.0. The zero-order chi connectivity index (χ0) is 59.0. The summed E-state index contributed by atoms with van der Waals surface area (Å²) in [7, 11) is 0. The average Bonchev–Trinajstić information content (AvgIpc) is 3.96. The third-order valence-corrected chi connectivity index (χ3v) is 14.5. The number of benzene rings is 3. The Bertz CT molecular complexity index is 2710. The minimum absolute atomic E-state index is 0.0500. The normalized spacial score (nSPS) is 17.9. The number of hydrogen-bond acceptors (Lipinski definition) is 15. The van der Waals surface area contributed by atoms with Crippen molar-refractivity contribution in [2.24, 2.45) is 17.6 Å². The molecule has 3 aromatic rings. The fourth-order valence-corrected chi connectivity index (χ4v) is 9.65. The molecule has 24 nitrogen and oxygen atoms in total. The van der Waals surface area contributed by atoms with Gasteiger partial charge in [-0.05, 0) is 77.6 Å². The molecule has 434 valence electrons. The lowest BCUT2D eigenvalue weighted by Crippen LogP contribution is -2.62. The molecular weight excluding hydrogens is 1060 g/mol. The number of aliphatic carboxylic acids is 2. The Kier molecular flexibility index (Phi) is 23.2. The predicted molar refractivity (Wildman–Crippen MR) is 292 cm³/mol. The Morgan fingerprint density at radius 1 is 0.637 bits per heavy atom. The van der Waals surface area contributed by atoms with Crippen LogP contribution in [0.15, 0.2) is 72.8 Å². The maximum absolute atomic E-state index is 14.5. The van der Waals surface area contributed by atoms with Crippen LogP contribution in [0.1, 0.15) is 82.1 Å². The molecule has 5 rings (SSSR count). The fourth-order valence-electron chi connectivity index (χ4n) is 9.50. The monoisotopic (exact) mass is 1130 g/mol. The number of amides is 8. The molecule has 1 saturated heterocycles. The van der Waals surface area contributed by atoms with E-state index in [0.717, 1.165) is 4.90 Å². The van der Waals surface area contributed by atoms with E-state index in [1.165, 1.54) is 53.4 Å². The highest BCUT2D eigenvalue weighted by atomic mass is 32.1. The van der Waals surface area contributed by atoms with Crippen molar-refractivity contribution in [1.82, 2.24) is 41.7 Å². The number of phenols is 2. The Labute approximate surface area is 468 Å². The number of nitrogens with one attached hydrogen (secondary N) is 6. The van der Waals surface area contributed by atoms with Crippen molar-refractivity contribution in [3.05, 3.63) is 95.1 Å². The maximum Gasteiger partial charge on any atom is 0.326 e. The molecule has 2 heterocycles. The number of aliphatic hydroxyl groups is 1. The molecule has 3 aromatic carbocycles. The van der Waals surface area contributed by atoms with Crippen LogP contribution < -0.4 is 37.6 Å². The average molecular weight is 1130 g/mol. The first-order chi connectivity index (χ1) is 37.9. The van der Waals surface area contributed by atoms with Crippen LogP contribution in [-0.4, -0.2) is 168 Å². The fraction of sp³-hybridized carbons (Fsp3) is 0.491. The molecule has 8 amide bonds. The van der Waals surface area contributed by atoms with Gasteiger partial charge in [-0.3, -0.25) is 43.2 Å². The summed E-state index contributed by atoms with van der Waals surface area (Å²) in [6.07, 6.45) is -0.403. The highest BCUT2D eigenvalue weighted by Gasteiger charge is 2.42. The number of rotatable bonds is 27. The summed E-state index contributed by atoms with van der Waals surface area (Å²) in [6, 6.07) is 5.32. The quantitative estimate of drug-likeness (QED) is 0.0434. The van der Waals surface area contributed by atoms with Crippen molar-refractivity contribution < 1.29 is 73.5 Å². The number of nitrogens with two attached hydrogens (primary N) is 1. The Morgan fingerprint density at radius 2 is 1.15 bits per heavy atom. The van der Waals surface area contributed by atoms with Gasteiger partial charge in [-0.15, -0.1) is 0 Å². The number of nitrogens with zero attached hydrogens (tertiary/aromatic N) is 2. The van der Waals surface area contributed by atoms with E-state index in [1.807, 2.05) is 13.8 Å². The van der Waals surface area contributed by atoms with E-state index in [1.54, 1.807) is 38.1 Å². The number of aliphatic hydroxyl groups excluding tert-OH is 1. The van der Waals surface area contributed by atoms with Crippen molar-refractivity contribution in [3.63, 3.8) is 0 Å². The van der Waals surface area contributed by atoms with E-state index in [2.05, 4.69) is 44.5 Å². The molecule has 13 N–H and O–H groups in total. The van der Waals surface area contributed by atoms with Gasteiger partial charge in [0.25, 0.3) is 0 Å². The molecule has 2 aliphatic rings. The van der Waals surface area contributed by atoms with E-state index < -0.39 is 133 Å². The third kappa shape index (κ3) is 17.4. The minimum atomic E-state index is -1.84. The number of likely N-dealkylation sites (tertiary alicyclic amines) is 1. The first kappa shape index (κ1) is 63.1. The number of carboxylic acids is 2. The summed E-state index contributed by atoms with van der Waals surface area (Å²) < 4.78 is 0. The standard InChI is InChI=1S/C55H73N9O15S/c1-5-30(4)46(62-49(72)40(23-32-14-18-36(67)19-15-32)57-47(70)38(21-29(2)3)59-51(74)43-11-8-20-63(43)53(76)37(56)28-80)52(75)61-42(27-65)50(73)58-39(22-31-12-16-35(66)17-13-31)48(71)60-41(25-45(68)69)54(77)64-26-34-10-7-6-9-33(34)24-44(64)55(78)79/h6-7,9-10,12-19,29-30,37-44,46,65-67,80H,5,8,11,20-28,56H2,1-4H3,(H,57,70)(H,58,73)(H,59,74)(H,60,71)(H,61,75)(H,62,72)(H,68,69)(H,78,79)/t30-,37-,38-,39-,40-,41-,42-,43-,44-,46-/m0/s1. The second kappa shape index (κ2) is 29.4. The maximum atomic E-state index is 14.5. The van der Waals surface area contributed by atoms with Gasteiger partial charge in [0.15, 0.2) is 0 Å². The van der Waals surface area contributed by atoms with E-state index in [-0.39, 0.29) is 68.4 Å². The van der Waals surface area contributed by atoms with Gasteiger partial charge in [-0.25, -0.2) is 4.79 Å². The number of thiol groups is 1. The van der Waals surface area contributed by atoms with Gasteiger partial charge in [0.2, 0.25) is 47.3 Å². The molecule has 0 unspecified atom stereocenters. The topological polar surface area (TPSA) is 377 Å². The molecule has 25 heteroatoms. The molecule has 10 atom stereocenters. The number of aromatic hydroxyl groups is 2. The molecule has 0 bridgehead atoms. The van der Waals surface area contributed by atoms with Crippen LogP contribution in [0.5, 0.6) is 11.5 Å². The van der Waals surface area contributed by atoms with Crippen molar-refractivity contribution in [2.75, 3.05) is 18.9 Å². The zero-order valence-corrected chi connectivity index (χ0v) is 45.9. The number of carbonyl (C=O) groups excluding carboxylic acids is 8. The number of phenolic OH excluding ortho intramolecular Hbond substituents is 2. The van der Waals surface area contributed by atoms with Crippen molar-refractivity contribution in [3.8, 4) is 11.5 Å². The van der Waals surface area contributed by atoms with Crippen LogP contribution in [-0.2, 0) is 73.8 Å². The predicted octanol–water partition coefficient (Wildman–Crippen LogP) is -0.363. The molecule has 2 aliphatic heterocycles. The van der Waals surface area contributed by atoms with E-state index in [4.69, 9.17) is 5.73 Å². The van der Waals surface area contributed by atoms with E-state index in [9.17, 15) is 73.5 Å². The number of carboxylic acid groups (broad SMARTS) is 2. The second-order valence-electron chi connectivity index (χ2n) is 20.6. The molecule has 0 spiro atoms. The molecule has 0 radical (unpaired) electrons. The van der Waals surface area contributed by atoms with Crippen LogP contribution in [0.3, 0.4) is 0 Å². The van der Waals surface area contributed by atoms with Gasteiger partial charge in [0.1, 0.15) is 59.8 Å². The minimum Gasteiger partial charge on any atom is -0.508 e. The van der Waals surface area contributed by atoms with Crippen LogP contribution >= 0.6 is 12.6 Å². The molecule has 0 aromatic heterocycles. The summed E-state index contributed by atoms with van der Waals surface area (Å²) >= 11 is 4.12. The summed E-state index contributed by atoms with van der Waals surface area (Å²) in [5.41, 5.74) is 8.04. The lowest BCUT2D eigenvalue weighted by atomic mass is 9.93. The highest BCUT2D eigenvalue weighted by molar-refractivity contribution is 7.80. The largest absolute Gasteiger partial charge is 0.508 e. The first-order valence-corrected chi connectivity index (χ1v) is 27.1. The van der Waals surface area contributed by atoms with E-state index >= 15 is 0 Å². The highest BCUT2D eigenvalue weighted by Crippen LogP contribution is 2.26. The lowest BCUT2D eigenvalue weighted by molar-refractivity contribution is -0.154. The van der Waals surface area contributed by atoms with Crippen LogP contribution in [0.2, 0.25) is 0 Å². The number of hydrogen-bond donors (Lipinski definition) is 13. The van der Waals surface area contributed by atoms with Gasteiger partial charge in [-0.1, -0.05) is 82.6 Å². The van der Waals surface area contributed by atoms with Crippen LogP contribution in [0, 0.1) is 11.8 Å². The second-order valence-corrected chi connectivity index (χ2v) is 21.0. The number of carbonyl (C=O) groups is 10. The molecular formula is C55H73N9O15S. The van der Waals surface area contributed by atoms with Gasteiger partial charge < -0.3 is 73.0 Å². The van der Waals surface area contributed by atoms with Crippen molar-refractivity contribution in [2.45, 2.75) is 140 Å². The van der Waals surface area contributed by atoms with Crippen LogP contribution in [0.4, 0.5) is 0 Å². The van der Waals surface area contributed by atoms with Gasteiger partial charge in [-0.2, -0.15) is 12.6 Å². The molecule has 80 heavy (non-hydrogen) atoms. The summed E-state index contributed by atoms with van der Waals surface area (Å²) in [6.45, 7) is 5.97. The Balaban J connectivity index is 1.37. The third-order valence-electron chi connectivity index (χ3n) is 14.1. The molecule has 0 aliphatic carbocycles. The van der Waals surface area contributed by atoms with Gasteiger partial charge in [0.05, 0.1) is 19.1 Å². The van der Waals surface area contributed by atoms with Crippen molar-refractivity contribution >= 4 is 71.8 Å². The Morgan fingerprint density at radius 3 is 1.66 bits per heavy atom. The Hall–Kier alpha value is -7.77. The number of fused-ring (bicyclic) bond motifs is 1. The smallest absolute Gasteiger partial charge is 0.326 e. The SMILES string of the molecule is CC[C@H](C)[C@H](NC(=O)[C@H](Cc1ccc(O)cc1)NC(=O)[C@H](CC(C)C)NC(=O)[C@@H]1CCCN1C(=O)[C@@H](N)CS)C(=O)N[C@@H](CO)C(=O)N[C@@H](Cc1ccc(O)cc1)C(=O)N[C@@H](CC(=O)O)C(=O)N1Cc2ccccc2C[C@H]1C(=O)O.